The van der Waals surface area contributed by atoms with Gasteiger partial charge in [-0.2, -0.15) is 5.10 Å². The molecular weight excluding hydrogens is 276 g/mol. The van der Waals surface area contributed by atoms with Gasteiger partial charge in [0.2, 0.25) is 0 Å². The van der Waals surface area contributed by atoms with Gasteiger partial charge in [-0.05, 0) is 45.0 Å². The molecule has 1 saturated heterocycles. The molecule has 0 radical (unpaired) electrons. The van der Waals surface area contributed by atoms with Crippen molar-refractivity contribution < 1.29 is 0 Å². The average molecular weight is 300 g/mol. The highest BCUT2D eigenvalue weighted by Crippen LogP contribution is 2.12. The molecule has 2 aromatic rings. The van der Waals surface area contributed by atoms with Crippen molar-refractivity contribution in [1.29, 1.82) is 0 Å². The van der Waals surface area contributed by atoms with E-state index in [2.05, 4.69) is 37.3 Å². The number of nitrogens with zero attached hydrogens (tertiary/aromatic N) is 4. The van der Waals surface area contributed by atoms with Crippen molar-refractivity contribution in [3.8, 4) is 11.4 Å². The van der Waals surface area contributed by atoms with Crippen LogP contribution in [-0.4, -0.2) is 50.7 Å². The monoisotopic (exact) mass is 300 g/mol. The summed E-state index contributed by atoms with van der Waals surface area (Å²) in [5.74, 6) is 1.60. The first-order valence-electron chi connectivity index (χ1n) is 8.08. The Hall–Kier alpha value is -1.79. The summed E-state index contributed by atoms with van der Waals surface area (Å²) >= 11 is 0. The number of aromatic amines is 1. The molecule has 3 heterocycles. The van der Waals surface area contributed by atoms with E-state index >= 15 is 0 Å². The number of hydrogen-bond acceptors (Lipinski definition) is 5. The van der Waals surface area contributed by atoms with Gasteiger partial charge in [-0.25, -0.2) is 4.98 Å². The van der Waals surface area contributed by atoms with Crippen molar-refractivity contribution in [2.24, 2.45) is 0 Å². The fourth-order valence-corrected chi connectivity index (χ4v) is 2.87. The van der Waals surface area contributed by atoms with Crippen molar-refractivity contribution >= 4 is 0 Å². The van der Waals surface area contributed by atoms with E-state index in [0.29, 0.717) is 12.6 Å². The molecule has 6 nitrogen and oxygen atoms in total. The van der Waals surface area contributed by atoms with E-state index in [4.69, 9.17) is 0 Å². The summed E-state index contributed by atoms with van der Waals surface area (Å²) in [5.41, 5.74) is 0.985. The summed E-state index contributed by atoms with van der Waals surface area (Å²) in [7, 11) is 0. The van der Waals surface area contributed by atoms with Crippen LogP contribution in [0.1, 0.15) is 32.0 Å². The second-order valence-corrected chi connectivity index (χ2v) is 5.98. The molecule has 0 amide bonds. The molecule has 0 spiro atoms. The number of piperidine rings is 1. The number of H-pyrrole nitrogens is 1. The SMILES string of the molecule is C[C@@H](CN1CCCCC1)NCc1nc(-c2ccncc2)n[nH]1. The number of aromatic nitrogens is 4. The molecule has 6 heteroatoms. The van der Waals surface area contributed by atoms with Gasteiger partial charge < -0.3 is 10.2 Å². The lowest BCUT2D eigenvalue weighted by atomic mass is 10.1. The fraction of sp³-hybridized carbons (Fsp3) is 0.562. The van der Waals surface area contributed by atoms with Crippen LogP contribution in [0, 0.1) is 0 Å². The van der Waals surface area contributed by atoms with Gasteiger partial charge >= 0.3 is 0 Å². The van der Waals surface area contributed by atoms with Crippen LogP contribution >= 0.6 is 0 Å². The molecule has 0 aliphatic carbocycles. The van der Waals surface area contributed by atoms with Crippen LogP contribution in [0.4, 0.5) is 0 Å². The molecule has 2 aromatic heterocycles. The first-order chi connectivity index (χ1) is 10.8. The summed E-state index contributed by atoms with van der Waals surface area (Å²) in [6, 6.07) is 4.28. The third kappa shape index (κ3) is 4.11. The van der Waals surface area contributed by atoms with Crippen LogP contribution in [0.15, 0.2) is 24.5 Å². The topological polar surface area (TPSA) is 69.7 Å². The molecular formula is C16H24N6. The van der Waals surface area contributed by atoms with Crippen molar-refractivity contribution in [3.63, 3.8) is 0 Å². The van der Waals surface area contributed by atoms with Crippen LogP contribution < -0.4 is 5.32 Å². The standard InChI is InChI=1S/C16H24N6/c1-13(12-22-9-3-2-4-10-22)18-11-15-19-16(21-20-15)14-5-7-17-8-6-14/h5-8,13,18H,2-4,9-12H2,1H3,(H,19,20,21)/t13-/m0/s1. The molecule has 0 aromatic carbocycles. The van der Waals surface area contributed by atoms with Gasteiger partial charge in [-0.3, -0.25) is 10.1 Å². The molecule has 1 aliphatic heterocycles. The molecule has 3 rings (SSSR count). The maximum atomic E-state index is 4.53. The van der Waals surface area contributed by atoms with Gasteiger partial charge in [0, 0.05) is 30.5 Å². The van der Waals surface area contributed by atoms with Crippen molar-refractivity contribution in [2.45, 2.75) is 38.8 Å². The van der Waals surface area contributed by atoms with Crippen LogP contribution in [0.25, 0.3) is 11.4 Å². The second-order valence-electron chi connectivity index (χ2n) is 5.98. The maximum absolute atomic E-state index is 4.53. The van der Waals surface area contributed by atoms with Gasteiger partial charge in [0.15, 0.2) is 5.82 Å². The van der Waals surface area contributed by atoms with Crippen molar-refractivity contribution in [1.82, 2.24) is 30.4 Å². The number of rotatable bonds is 6. The summed E-state index contributed by atoms with van der Waals surface area (Å²) in [4.78, 5) is 11.1. The van der Waals surface area contributed by atoms with Crippen molar-refractivity contribution in [3.05, 3.63) is 30.4 Å². The van der Waals surface area contributed by atoms with Crippen LogP contribution in [0.5, 0.6) is 0 Å². The van der Waals surface area contributed by atoms with E-state index in [1.165, 1.54) is 32.4 Å². The fourth-order valence-electron chi connectivity index (χ4n) is 2.87. The summed E-state index contributed by atoms with van der Waals surface area (Å²) in [5, 5.41) is 10.8. The third-order valence-electron chi connectivity index (χ3n) is 4.07. The number of pyridine rings is 1. The Labute approximate surface area is 131 Å². The predicted molar refractivity (Wildman–Crippen MR) is 86.2 cm³/mol. The molecule has 0 unspecified atom stereocenters. The minimum Gasteiger partial charge on any atom is -0.306 e. The lowest BCUT2D eigenvalue weighted by Crippen LogP contribution is -2.41. The van der Waals surface area contributed by atoms with Crippen LogP contribution in [0.2, 0.25) is 0 Å². The zero-order valence-electron chi connectivity index (χ0n) is 13.1. The zero-order chi connectivity index (χ0) is 15.2. The third-order valence-corrected chi connectivity index (χ3v) is 4.07. The molecule has 0 saturated carbocycles. The summed E-state index contributed by atoms with van der Waals surface area (Å²) in [6.07, 6.45) is 7.57. The molecule has 2 N–H and O–H groups in total. The second kappa shape index (κ2) is 7.47. The minimum atomic E-state index is 0.451. The Kier molecular flexibility index (Phi) is 5.13. The van der Waals surface area contributed by atoms with Gasteiger partial charge in [0.25, 0.3) is 0 Å². The highest BCUT2D eigenvalue weighted by atomic mass is 15.2. The van der Waals surface area contributed by atoms with E-state index in [1.54, 1.807) is 12.4 Å². The van der Waals surface area contributed by atoms with E-state index < -0.39 is 0 Å². The molecule has 1 fully saturated rings. The number of hydrogen-bond donors (Lipinski definition) is 2. The van der Waals surface area contributed by atoms with E-state index in [0.717, 1.165) is 23.8 Å². The highest BCUT2D eigenvalue weighted by molar-refractivity contribution is 5.52. The van der Waals surface area contributed by atoms with Gasteiger partial charge in [0.05, 0.1) is 6.54 Å². The first kappa shape index (κ1) is 15.1. The Morgan fingerprint density at radius 1 is 1.23 bits per heavy atom. The lowest BCUT2D eigenvalue weighted by Gasteiger charge is -2.29. The zero-order valence-corrected chi connectivity index (χ0v) is 13.1. The van der Waals surface area contributed by atoms with Crippen molar-refractivity contribution in [2.75, 3.05) is 19.6 Å². The summed E-state index contributed by atoms with van der Waals surface area (Å²) in [6.45, 7) is 6.52. The predicted octanol–water partition coefficient (Wildman–Crippen LogP) is 1.83. The van der Waals surface area contributed by atoms with Gasteiger partial charge in [-0.15, -0.1) is 0 Å². The van der Waals surface area contributed by atoms with Crippen LogP contribution in [-0.2, 0) is 6.54 Å². The van der Waals surface area contributed by atoms with Gasteiger partial charge in [0.1, 0.15) is 5.82 Å². The molecule has 1 aliphatic rings. The Bertz CT molecular complexity index is 561. The molecule has 22 heavy (non-hydrogen) atoms. The maximum Gasteiger partial charge on any atom is 0.181 e. The Morgan fingerprint density at radius 2 is 2.00 bits per heavy atom. The Balaban J connectivity index is 1.48. The van der Waals surface area contributed by atoms with E-state index in [-0.39, 0.29) is 0 Å². The van der Waals surface area contributed by atoms with Crippen LogP contribution in [0.3, 0.4) is 0 Å². The first-order valence-corrected chi connectivity index (χ1v) is 8.08. The molecule has 118 valence electrons. The van der Waals surface area contributed by atoms with Gasteiger partial charge in [-0.1, -0.05) is 6.42 Å². The Morgan fingerprint density at radius 3 is 2.77 bits per heavy atom. The van der Waals surface area contributed by atoms with E-state index in [1.807, 2.05) is 12.1 Å². The minimum absolute atomic E-state index is 0.451. The molecule has 1 atom stereocenters. The summed E-state index contributed by atoms with van der Waals surface area (Å²) < 4.78 is 0. The average Bonchev–Trinajstić information content (AvgIpc) is 3.04. The number of likely N-dealkylation sites (tertiary alicyclic amines) is 1. The number of nitrogens with one attached hydrogen (secondary N) is 2. The highest BCUT2D eigenvalue weighted by Gasteiger charge is 2.13. The lowest BCUT2D eigenvalue weighted by molar-refractivity contribution is 0.208. The van der Waals surface area contributed by atoms with E-state index in [9.17, 15) is 0 Å². The quantitative estimate of drug-likeness (QED) is 0.852. The largest absolute Gasteiger partial charge is 0.306 e. The molecule has 0 bridgehead atoms. The normalized spacial score (nSPS) is 17.5. The smallest absolute Gasteiger partial charge is 0.181 e.